The number of carboxylic acid groups (broad SMARTS) is 1. The lowest BCUT2D eigenvalue weighted by molar-refractivity contribution is 0.0515. The summed E-state index contributed by atoms with van der Waals surface area (Å²) >= 11 is 0. The SMILES string of the molecule is [B]Cc1c([B])c(C(=O)O)c(C(=O)OCCS(=O)(=O)O)c(C[B])c1C[B]. The normalized spacial score (nSPS) is 11.2. The number of rotatable bonds is 8. The molecule has 0 bridgehead atoms. The third-order valence-electron chi connectivity index (χ3n) is 3.48. The molecule has 0 fully saturated rings. The number of ether oxygens (including phenoxy) is 1. The van der Waals surface area contributed by atoms with Gasteiger partial charge >= 0.3 is 11.9 Å². The molecule has 0 aliphatic carbocycles. The van der Waals surface area contributed by atoms with Gasteiger partial charge in [0.15, 0.2) is 0 Å². The van der Waals surface area contributed by atoms with Crippen LogP contribution in [-0.2, 0) is 33.8 Å². The molecular formula is C13H12B4O7S. The predicted octanol–water partition coefficient (Wildman–Crippen LogP) is -1.77. The maximum absolute atomic E-state index is 12.3. The van der Waals surface area contributed by atoms with Crippen LogP contribution < -0.4 is 5.46 Å². The van der Waals surface area contributed by atoms with Crippen LogP contribution in [0.1, 0.15) is 37.4 Å². The number of esters is 1. The average Bonchev–Trinajstić information content (AvgIpc) is 2.51. The summed E-state index contributed by atoms with van der Waals surface area (Å²) in [5.74, 6) is -3.50. The molecule has 0 unspecified atom stereocenters. The summed E-state index contributed by atoms with van der Waals surface area (Å²) < 4.78 is 34.8. The van der Waals surface area contributed by atoms with E-state index in [1.807, 2.05) is 0 Å². The minimum Gasteiger partial charge on any atom is -0.478 e. The first kappa shape index (κ1) is 21.4. The molecule has 1 rings (SSSR count). The Labute approximate surface area is 150 Å². The first-order chi connectivity index (χ1) is 11.6. The van der Waals surface area contributed by atoms with Crippen molar-refractivity contribution >= 4 is 58.9 Å². The Balaban J connectivity index is 3.53. The van der Waals surface area contributed by atoms with Crippen LogP contribution in [0.2, 0.25) is 0 Å². The van der Waals surface area contributed by atoms with Gasteiger partial charge in [-0.15, -0.1) is 0 Å². The van der Waals surface area contributed by atoms with Crippen molar-refractivity contribution in [1.82, 2.24) is 0 Å². The molecule has 0 spiro atoms. The second kappa shape index (κ2) is 8.62. The van der Waals surface area contributed by atoms with Gasteiger partial charge in [0.2, 0.25) is 0 Å². The summed E-state index contributed by atoms with van der Waals surface area (Å²) in [5, 5.41) is 9.42. The van der Waals surface area contributed by atoms with Crippen LogP contribution in [0.15, 0.2) is 0 Å². The van der Waals surface area contributed by atoms with Crippen molar-refractivity contribution in [3.05, 3.63) is 27.8 Å². The van der Waals surface area contributed by atoms with Crippen LogP contribution >= 0.6 is 0 Å². The molecule has 0 saturated carbocycles. The Morgan fingerprint density at radius 2 is 1.48 bits per heavy atom. The van der Waals surface area contributed by atoms with E-state index in [0.29, 0.717) is 5.56 Å². The van der Waals surface area contributed by atoms with Crippen molar-refractivity contribution in [3.63, 3.8) is 0 Å². The molecule has 0 aliphatic rings. The Bertz CT molecular complexity index is 792. The number of aromatic carboxylic acids is 1. The quantitative estimate of drug-likeness (QED) is 0.322. The molecule has 0 amide bonds. The van der Waals surface area contributed by atoms with E-state index in [9.17, 15) is 23.1 Å². The molecule has 7 nitrogen and oxygen atoms in total. The van der Waals surface area contributed by atoms with Crippen LogP contribution in [0.5, 0.6) is 0 Å². The molecule has 8 radical (unpaired) electrons. The molecule has 12 heteroatoms. The van der Waals surface area contributed by atoms with E-state index in [4.69, 9.17) is 40.7 Å². The van der Waals surface area contributed by atoms with E-state index in [0.717, 1.165) is 0 Å². The topological polar surface area (TPSA) is 118 Å². The average molecular weight is 356 g/mol. The summed E-state index contributed by atoms with van der Waals surface area (Å²) in [6, 6.07) is 0. The van der Waals surface area contributed by atoms with Crippen molar-refractivity contribution in [2.24, 2.45) is 0 Å². The Morgan fingerprint density at radius 1 is 0.960 bits per heavy atom. The van der Waals surface area contributed by atoms with Crippen LogP contribution in [0.25, 0.3) is 0 Å². The zero-order chi connectivity index (χ0) is 19.4. The van der Waals surface area contributed by atoms with Crippen molar-refractivity contribution in [2.45, 2.75) is 19.0 Å². The first-order valence-corrected chi connectivity index (χ1v) is 8.61. The maximum atomic E-state index is 12.3. The number of benzene rings is 1. The molecule has 1 aromatic rings. The molecule has 0 aliphatic heterocycles. The van der Waals surface area contributed by atoms with Crippen LogP contribution in [0.4, 0.5) is 0 Å². The Morgan fingerprint density at radius 3 is 1.88 bits per heavy atom. The van der Waals surface area contributed by atoms with Gasteiger partial charge in [-0.25, -0.2) is 9.59 Å². The van der Waals surface area contributed by atoms with Gasteiger partial charge < -0.3 is 9.84 Å². The van der Waals surface area contributed by atoms with Gasteiger partial charge in [0.05, 0.1) is 34.7 Å². The molecule has 0 atom stereocenters. The highest BCUT2D eigenvalue weighted by molar-refractivity contribution is 7.85. The van der Waals surface area contributed by atoms with Gasteiger partial charge in [0.1, 0.15) is 20.2 Å². The second-order valence-corrected chi connectivity index (χ2v) is 6.51. The molecule has 0 heterocycles. The van der Waals surface area contributed by atoms with E-state index in [2.05, 4.69) is 0 Å². The molecule has 1 aromatic carbocycles. The van der Waals surface area contributed by atoms with Crippen molar-refractivity contribution in [1.29, 1.82) is 0 Å². The van der Waals surface area contributed by atoms with Crippen molar-refractivity contribution in [2.75, 3.05) is 12.4 Å². The Hall–Kier alpha value is -1.67. The third kappa shape index (κ3) is 4.92. The summed E-state index contributed by atoms with van der Waals surface area (Å²) in [4.78, 5) is 23.9. The van der Waals surface area contributed by atoms with Gasteiger partial charge in [-0.3, -0.25) is 4.55 Å². The number of carboxylic acids is 1. The minimum atomic E-state index is -4.36. The minimum absolute atomic E-state index is 0.103. The fraction of sp³-hybridized carbons (Fsp3) is 0.385. The molecule has 2 N–H and O–H groups in total. The number of hydrogen-bond donors (Lipinski definition) is 2. The zero-order valence-corrected chi connectivity index (χ0v) is 14.0. The highest BCUT2D eigenvalue weighted by Crippen LogP contribution is 2.23. The number of hydrogen-bond acceptors (Lipinski definition) is 5. The summed E-state index contributed by atoms with van der Waals surface area (Å²) in [6.45, 7) is -0.683. The highest BCUT2D eigenvalue weighted by atomic mass is 32.2. The van der Waals surface area contributed by atoms with Gasteiger partial charge in [0.25, 0.3) is 10.1 Å². The van der Waals surface area contributed by atoms with Crippen LogP contribution in [-0.4, -0.2) is 73.8 Å². The van der Waals surface area contributed by atoms with Crippen LogP contribution in [0, 0.1) is 0 Å². The standard InChI is InChI=1S/C13H12B4O7S/c14-3-6-7(4-15)9(13(20)24-1-2-25(21,22)23)10(12(18)19)11(17)8(6)5-16/h1-5H2,(H,18,19)(H,21,22,23). The predicted molar refractivity (Wildman–Crippen MR) is 93.9 cm³/mol. The van der Waals surface area contributed by atoms with Gasteiger partial charge in [-0.1, -0.05) is 35.6 Å². The molecule has 0 saturated heterocycles. The third-order valence-corrected chi connectivity index (χ3v) is 4.16. The fourth-order valence-electron chi connectivity index (χ4n) is 2.40. The molecule has 25 heavy (non-hydrogen) atoms. The van der Waals surface area contributed by atoms with E-state index in [1.165, 1.54) is 0 Å². The van der Waals surface area contributed by atoms with E-state index in [-0.39, 0.29) is 35.6 Å². The molecule has 124 valence electrons. The summed E-state index contributed by atoms with van der Waals surface area (Å²) in [7, 11) is 18.3. The first-order valence-electron chi connectivity index (χ1n) is 7.00. The molecular weight excluding hydrogens is 343 g/mol. The van der Waals surface area contributed by atoms with E-state index >= 15 is 0 Å². The fourth-order valence-corrected chi connectivity index (χ4v) is 2.69. The van der Waals surface area contributed by atoms with E-state index < -0.39 is 45.5 Å². The van der Waals surface area contributed by atoms with Gasteiger partial charge in [-0.2, -0.15) is 8.42 Å². The lowest BCUT2D eigenvalue weighted by Gasteiger charge is -2.22. The Kier molecular flexibility index (Phi) is 7.37. The van der Waals surface area contributed by atoms with Gasteiger partial charge in [0, 0.05) is 0 Å². The zero-order valence-electron chi connectivity index (χ0n) is 13.2. The monoisotopic (exact) mass is 356 g/mol. The summed E-state index contributed by atoms with van der Waals surface area (Å²) in [6.07, 6.45) is -0.471. The smallest absolute Gasteiger partial charge is 0.339 e. The number of carbonyl (C=O) groups is 2. The van der Waals surface area contributed by atoms with E-state index in [1.54, 1.807) is 0 Å². The summed E-state index contributed by atoms with van der Waals surface area (Å²) in [5.41, 5.74) is -0.514. The van der Waals surface area contributed by atoms with Crippen LogP contribution in [0.3, 0.4) is 0 Å². The largest absolute Gasteiger partial charge is 0.478 e. The lowest BCUT2D eigenvalue weighted by Crippen LogP contribution is -2.30. The van der Waals surface area contributed by atoms with Crippen molar-refractivity contribution < 1.29 is 32.4 Å². The van der Waals surface area contributed by atoms with Gasteiger partial charge in [-0.05, 0) is 5.56 Å². The number of carbonyl (C=O) groups excluding carboxylic acids is 1. The van der Waals surface area contributed by atoms with Crippen molar-refractivity contribution in [3.8, 4) is 0 Å². The second-order valence-electron chi connectivity index (χ2n) is 4.94. The maximum Gasteiger partial charge on any atom is 0.339 e. The highest BCUT2D eigenvalue weighted by Gasteiger charge is 2.27. The lowest BCUT2D eigenvalue weighted by atomic mass is 9.70. The molecule has 0 aromatic heterocycles.